The highest BCUT2D eigenvalue weighted by Gasteiger charge is 1.86. The quantitative estimate of drug-likeness (QED) is 0.768. The Morgan fingerprint density at radius 3 is 1.88 bits per heavy atom. The van der Waals surface area contributed by atoms with Gasteiger partial charge in [0.15, 0.2) is 0 Å². The van der Waals surface area contributed by atoms with Crippen molar-refractivity contribution in [1.29, 1.82) is 0 Å². The predicted octanol–water partition coefficient (Wildman–Crippen LogP) is 2.85. The standard InChI is InChI=1S/C7H9NO.C7H8/c8-5-6-1-3-7(9)4-2-6;1-7-5-3-2-4-6-7/h1-4,9H,5,8H2;2-6H,1H3. The van der Waals surface area contributed by atoms with Crippen molar-refractivity contribution in [3.05, 3.63) is 65.7 Å². The molecule has 0 atom stereocenters. The number of aryl methyl sites for hydroxylation is 1. The van der Waals surface area contributed by atoms with E-state index in [9.17, 15) is 0 Å². The van der Waals surface area contributed by atoms with Crippen LogP contribution in [0.25, 0.3) is 0 Å². The first-order valence-corrected chi connectivity index (χ1v) is 5.22. The van der Waals surface area contributed by atoms with Gasteiger partial charge in [0, 0.05) is 6.54 Å². The van der Waals surface area contributed by atoms with Gasteiger partial charge in [-0.2, -0.15) is 0 Å². The Labute approximate surface area is 96.4 Å². The Morgan fingerprint density at radius 2 is 1.50 bits per heavy atom. The van der Waals surface area contributed by atoms with E-state index in [2.05, 4.69) is 19.1 Å². The van der Waals surface area contributed by atoms with Crippen LogP contribution < -0.4 is 5.73 Å². The SMILES string of the molecule is Cc1ccccc1.NCc1ccc(O)cc1. The number of hydrogen-bond donors (Lipinski definition) is 2. The highest BCUT2D eigenvalue weighted by atomic mass is 16.3. The minimum absolute atomic E-state index is 0.284. The molecule has 3 N–H and O–H groups in total. The maximum atomic E-state index is 8.81. The summed E-state index contributed by atoms with van der Waals surface area (Å²) in [6, 6.07) is 17.1. The second-order valence-electron chi connectivity index (χ2n) is 3.53. The van der Waals surface area contributed by atoms with Crippen LogP contribution in [0.5, 0.6) is 5.75 Å². The van der Waals surface area contributed by atoms with E-state index in [-0.39, 0.29) is 5.75 Å². The van der Waals surface area contributed by atoms with E-state index < -0.39 is 0 Å². The Bertz CT molecular complexity index is 395. The molecule has 0 spiro atoms. The fourth-order valence-electron chi connectivity index (χ4n) is 1.17. The lowest BCUT2D eigenvalue weighted by atomic mass is 10.2. The smallest absolute Gasteiger partial charge is 0.115 e. The van der Waals surface area contributed by atoms with Gasteiger partial charge in [-0.15, -0.1) is 0 Å². The molecule has 16 heavy (non-hydrogen) atoms. The molecule has 0 saturated carbocycles. The van der Waals surface area contributed by atoms with E-state index in [1.807, 2.05) is 18.2 Å². The average molecular weight is 215 g/mol. The van der Waals surface area contributed by atoms with Gasteiger partial charge in [-0.1, -0.05) is 48.0 Å². The van der Waals surface area contributed by atoms with Crippen molar-refractivity contribution in [3.8, 4) is 5.75 Å². The lowest BCUT2D eigenvalue weighted by Crippen LogP contribution is -1.94. The second kappa shape index (κ2) is 6.64. The summed E-state index contributed by atoms with van der Waals surface area (Å²) in [7, 11) is 0. The van der Waals surface area contributed by atoms with E-state index in [0.29, 0.717) is 6.54 Å². The third-order valence-corrected chi connectivity index (χ3v) is 2.11. The van der Waals surface area contributed by atoms with Crippen molar-refractivity contribution in [2.24, 2.45) is 5.73 Å². The highest BCUT2D eigenvalue weighted by molar-refractivity contribution is 5.25. The number of aromatic hydroxyl groups is 1. The summed E-state index contributed by atoms with van der Waals surface area (Å²) in [6.45, 7) is 2.61. The Morgan fingerprint density at radius 1 is 0.938 bits per heavy atom. The molecular formula is C14H17NO. The van der Waals surface area contributed by atoms with E-state index in [1.165, 1.54) is 5.56 Å². The van der Waals surface area contributed by atoms with Gasteiger partial charge in [-0.05, 0) is 24.6 Å². The van der Waals surface area contributed by atoms with E-state index in [1.54, 1.807) is 24.3 Å². The zero-order chi connectivity index (χ0) is 11.8. The minimum atomic E-state index is 0.284. The summed E-state index contributed by atoms with van der Waals surface area (Å²) >= 11 is 0. The lowest BCUT2D eigenvalue weighted by molar-refractivity contribution is 0.475. The van der Waals surface area contributed by atoms with Crippen molar-refractivity contribution in [1.82, 2.24) is 0 Å². The minimum Gasteiger partial charge on any atom is -0.508 e. The predicted molar refractivity (Wildman–Crippen MR) is 67.2 cm³/mol. The fourth-order valence-corrected chi connectivity index (χ4v) is 1.17. The molecule has 84 valence electrons. The number of nitrogens with two attached hydrogens (primary N) is 1. The molecule has 0 saturated heterocycles. The molecule has 2 rings (SSSR count). The van der Waals surface area contributed by atoms with Crippen LogP contribution in [0.1, 0.15) is 11.1 Å². The molecule has 2 nitrogen and oxygen atoms in total. The molecule has 2 heteroatoms. The topological polar surface area (TPSA) is 46.2 Å². The fraction of sp³-hybridized carbons (Fsp3) is 0.143. The van der Waals surface area contributed by atoms with Crippen LogP contribution in [0, 0.1) is 6.92 Å². The summed E-state index contributed by atoms with van der Waals surface area (Å²) in [5.41, 5.74) is 7.68. The lowest BCUT2D eigenvalue weighted by Gasteiger charge is -1.93. The third-order valence-electron chi connectivity index (χ3n) is 2.11. The van der Waals surface area contributed by atoms with Crippen LogP contribution in [0.2, 0.25) is 0 Å². The van der Waals surface area contributed by atoms with Crippen LogP contribution in [-0.4, -0.2) is 5.11 Å². The molecule has 2 aromatic carbocycles. The summed E-state index contributed by atoms with van der Waals surface area (Å²) in [4.78, 5) is 0. The van der Waals surface area contributed by atoms with Crippen molar-refractivity contribution < 1.29 is 5.11 Å². The number of rotatable bonds is 1. The van der Waals surface area contributed by atoms with Crippen LogP contribution >= 0.6 is 0 Å². The molecule has 0 heterocycles. The molecule has 0 amide bonds. The van der Waals surface area contributed by atoms with E-state index >= 15 is 0 Å². The largest absolute Gasteiger partial charge is 0.508 e. The van der Waals surface area contributed by atoms with Gasteiger partial charge in [-0.3, -0.25) is 0 Å². The van der Waals surface area contributed by atoms with Gasteiger partial charge in [0.2, 0.25) is 0 Å². The van der Waals surface area contributed by atoms with Crippen molar-refractivity contribution in [2.45, 2.75) is 13.5 Å². The monoisotopic (exact) mass is 215 g/mol. The van der Waals surface area contributed by atoms with Crippen LogP contribution in [0.4, 0.5) is 0 Å². The molecule has 2 aromatic rings. The first-order valence-electron chi connectivity index (χ1n) is 5.22. The molecule has 0 aliphatic heterocycles. The van der Waals surface area contributed by atoms with Gasteiger partial charge >= 0.3 is 0 Å². The van der Waals surface area contributed by atoms with Gasteiger partial charge < -0.3 is 10.8 Å². The van der Waals surface area contributed by atoms with E-state index in [4.69, 9.17) is 10.8 Å². The van der Waals surface area contributed by atoms with Gasteiger partial charge in [0.05, 0.1) is 0 Å². The average Bonchev–Trinajstić information content (AvgIpc) is 2.32. The molecule has 0 fully saturated rings. The molecule has 0 bridgehead atoms. The summed E-state index contributed by atoms with van der Waals surface area (Å²) in [6.07, 6.45) is 0. The first-order chi connectivity index (χ1) is 7.72. The first kappa shape index (κ1) is 12.3. The second-order valence-corrected chi connectivity index (χ2v) is 3.53. The van der Waals surface area contributed by atoms with Gasteiger partial charge in [0.25, 0.3) is 0 Å². The maximum Gasteiger partial charge on any atom is 0.115 e. The zero-order valence-corrected chi connectivity index (χ0v) is 9.43. The van der Waals surface area contributed by atoms with Crippen LogP contribution in [0.15, 0.2) is 54.6 Å². The zero-order valence-electron chi connectivity index (χ0n) is 9.43. The van der Waals surface area contributed by atoms with Crippen molar-refractivity contribution >= 4 is 0 Å². The van der Waals surface area contributed by atoms with Gasteiger partial charge in [-0.25, -0.2) is 0 Å². The molecule has 0 unspecified atom stereocenters. The number of hydrogen-bond acceptors (Lipinski definition) is 2. The Balaban J connectivity index is 0.000000165. The van der Waals surface area contributed by atoms with E-state index in [0.717, 1.165) is 5.56 Å². The number of phenols is 1. The Kier molecular flexibility index (Phi) is 5.09. The van der Waals surface area contributed by atoms with Crippen molar-refractivity contribution in [2.75, 3.05) is 0 Å². The maximum absolute atomic E-state index is 8.81. The van der Waals surface area contributed by atoms with Crippen LogP contribution in [-0.2, 0) is 6.54 Å². The molecule has 0 aliphatic carbocycles. The summed E-state index contributed by atoms with van der Waals surface area (Å²) in [5.74, 6) is 0.284. The van der Waals surface area contributed by atoms with Crippen molar-refractivity contribution in [3.63, 3.8) is 0 Å². The normalized spacial score (nSPS) is 9.12. The molecular weight excluding hydrogens is 198 g/mol. The summed E-state index contributed by atoms with van der Waals surface area (Å²) in [5, 5.41) is 8.81. The highest BCUT2D eigenvalue weighted by Crippen LogP contribution is 2.08. The van der Waals surface area contributed by atoms with Gasteiger partial charge in [0.1, 0.15) is 5.75 Å². The molecule has 0 aromatic heterocycles. The Hall–Kier alpha value is -1.80. The third kappa shape index (κ3) is 4.62. The number of phenolic OH excluding ortho intramolecular Hbond substituents is 1. The van der Waals surface area contributed by atoms with Crippen LogP contribution in [0.3, 0.4) is 0 Å². The molecule has 0 aliphatic rings. The molecule has 0 radical (unpaired) electrons. The summed E-state index contributed by atoms with van der Waals surface area (Å²) < 4.78 is 0. The number of benzene rings is 2.